The second kappa shape index (κ2) is 10.1. The van der Waals surface area contributed by atoms with Gasteiger partial charge in [-0.3, -0.25) is 4.72 Å². The predicted molar refractivity (Wildman–Crippen MR) is 139 cm³/mol. The molecule has 1 aromatic heterocycles. The van der Waals surface area contributed by atoms with Gasteiger partial charge in [-0.05, 0) is 66.6 Å². The highest BCUT2D eigenvalue weighted by atomic mass is 32.2. The Morgan fingerprint density at radius 3 is 2.41 bits per heavy atom. The van der Waals surface area contributed by atoms with Gasteiger partial charge in [0, 0.05) is 12.5 Å². The summed E-state index contributed by atoms with van der Waals surface area (Å²) < 4.78 is 28.6. The molecular formula is C27H38N4O2S. The van der Waals surface area contributed by atoms with Gasteiger partial charge in [0.05, 0.1) is 21.6 Å². The number of nitrogens with one attached hydrogen (secondary N) is 3. The molecule has 0 amide bonds. The molecule has 1 aliphatic rings. The quantitative estimate of drug-likeness (QED) is 0.358. The number of hydrogen-bond donors (Lipinski definition) is 3. The van der Waals surface area contributed by atoms with Gasteiger partial charge < -0.3 is 10.3 Å². The third kappa shape index (κ3) is 5.63. The van der Waals surface area contributed by atoms with E-state index in [1.54, 1.807) is 18.2 Å². The van der Waals surface area contributed by atoms with Crippen molar-refractivity contribution in [3.63, 3.8) is 0 Å². The average Bonchev–Trinajstić information content (AvgIpc) is 3.20. The second-order valence-electron chi connectivity index (χ2n) is 10.6. The summed E-state index contributed by atoms with van der Waals surface area (Å²) >= 11 is 0. The van der Waals surface area contributed by atoms with Crippen LogP contribution in [0.4, 0.5) is 5.69 Å². The van der Waals surface area contributed by atoms with Crippen LogP contribution in [0.25, 0.3) is 11.0 Å². The number of hydrogen-bond acceptors (Lipinski definition) is 4. The van der Waals surface area contributed by atoms with Crippen molar-refractivity contribution in [3.8, 4) is 0 Å². The first-order valence-corrected chi connectivity index (χ1v) is 14.0. The number of rotatable bonds is 8. The lowest BCUT2D eigenvalue weighted by Crippen LogP contribution is -2.28. The van der Waals surface area contributed by atoms with Crippen LogP contribution in [0.2, 0.25) is 0 Å². The molecule has 2 aromatic carbocycles. The van der Waals surface area contributed by atoms with E-state index in [2.05, 4.69) is 35.8 Å². The summed E-state index contributed by atoms with van der Waals surface area (Å²) in [7, 11) is -3.68. The van der Waals surface area contributed by atoms with Crippen molar-refractivity contribution in [2.24, 2.45) is 11.3 Å². The highest BCUT2D eigenvalue weighted by Gasteiger charge is 2.36. The van der Waals surface area contributed by atoms with Crippen LogP contribution < -0.4 is 10.0 Å². The van der Waals surface area contributed by atoms with Crippen LogP contribution in [0.5, 0.6) is 0 Å². The lowest BCUT2D eigenvalue weighted by atomic mass is 9.68. The molecule has 1 unspecified atom stereocenters. The Kier molecular flexibility index (Phi) is 7.33. The Morgan fingerprint density at radius 1 is 1.06 bits per heavy atom. The van der Waals surface area contributed by atoms with Gasteiger partial charge in [-0.1, -0.05) is 59.1 Å². The van der Waals surface area contributed by atoms with Gasteiger partial charge in [-0.2, -0.15) is 0 Å². The molecule has 6 nitrogen and oxygen atoms in total. The smallest absolute Gasteiger partial charge is 0.261 e. The fourth-order valence-electron chi connectivity index (χ4n) is 5.31. The van der Waals surface area contributed by atoms with E-state index in [1.165, 1.54) is 32.1 Å². The van der Waals surface area contributed by atoms with Gasteiger partial charge >= 0.3 is 0 Å². The molecule has 0 spiro atoms. The monoisotopic (exact) mass is 482 g/mol. The van der Waals surface area contributed by atoms with Crippen LogP contribution in [0.1, 0.15) is 77.1 Å². The fraction of sp³-hybridized carbons (Fsp3) is 0.519. The van der Waals surface area contributed by atoms with Crippen molar-refractivity contribution >= 4 is 26.7 Å². The van der Waals surface area contributed by atoms with Gasteiger partial charge in [0.1, 0.15) is 5.82 Å². The van der Waals surface area contributed by atoms with Crippen molar-refractivity contribution in [3.05, 3.63) is 53.9 Å². The van der Waals surface area contributed by atoms with E-state index in [9.17, 15) is 8.42 Å². The molecule has 1 saturated carbocycles. The van der Waals surface area contributed by atoms with Crippen molar-refractivity contribution in [2.45, 2.75) is 77.2 Å². The summed E-state index contributed by atoms with van der Waals surface area (Å²) in [5.74, 6) is 1.99. The fourth-order valence-corrected chi connectivity index (χ4v) is 6.36. The summed E-state index contributed by atoms with van der Waals surface area (Å²) in [4.78, 5) is 8.76. The van der Waals surface area contributed by atoms with Gasteiger partial charge in [0.15, 0.2) is 0 Å². The number of anilines is 1. The Morgan fingerprint density at radius 2 is 1.76 bits per heavy atom. The number of fused-ring (bicyclic) bond motifs is 1. The van der Waals surface area contributed by atoms with E-state index < -0.39 is 10.0 Å². The Balaban J connectivity index is 1.56. The number of sulfonamides is 1. The van der Waals surface area contributed by atoms with E-state index in [-0.39, 0.29) is 10.3 Å². The number of benzene rings is 2. The number of imidazole rings is 1. The van der Waals surface area contributed by atoms with E-state index >= 15 is 0 Å². The van der Waals surface area contributed by atoms with Crippen molar-refractivity contribution in [2.75, 3.05) is 11.3 Å². The molecule has 34 heavy (non-hydrogen) atoms. The van der Waals surface area contributed by atoms with Crippen molar-refractivity contribution in [1.82, 2.24) is 15.3 Å². The number of nitrogens with zero attached hydrogens (tertiary/aromatic N) is 1. The zero-order valence-corrected chi connectivity index (χ0v) is 21.6. The van der Waals surface area contributed by atoms with Crippen molar-refractivity contribution < 1.29 is 8.42 Å². The Bertz CT molecular complexity index is 1200. The lowest BCUT2D eigenvalue weighted by molar-refractivity contribution is 0.184. The molecule has 1 aliphatic carbocycles. The number of aromatic nitrogens is 2. The Hall–Kier alpha value is -2.38. The molecule has 1 fully saturated rings. The molecule has 1 heterocycles. The minimum atomic E-state index is -3.68. The Labute approximate surface area is 204 Å². The van der Waals surface area contributed by atoms with Gasteiger partial charge in [0.25, 0.3) is 10.0 Å². The van der Waals surface area contributed by atoms with Crippen LogP contribution in [-0.4, -0.2) is 24.9 Å². The van der Waals surface area contributed by atoms with E-state index in [0.717, 1.165) is 35.5 Å². The topological polar surface area (TPSA) is 86.9 Å². The molecule has 0 radical (unpaired) electrons. The maximum atomic E-state index is 13.0. The summed E-state index contributed by atoms with van der Waals surface area (Å²) in [5, 5.41) is 3.24. The third-order valence-electron chi connectivity index (χ3n) is 6.92. The van der Waals surface area contributed by atoms with Gasteiger partial charge in [-0.15, -0.1) is 0 Å². The number of aromatic amines is 1. The standard InChI is InChI=1S/C27H38N4O2S/c1-5-28-18-19-11-14-22(15-12-19)34(32,33)31-21-13-16-23-24(17-21)30-26(29-23)25(27(2,3)4)20-9-7-6-8-10-20/h11-17,20,25,28,31H,5-10,18H2,1-4H3,(H,29,30). The van der Waals surface area contributed by atoms with Crippen LogP contribution in [0.15, 0.2) is 47.4 Å². The van der Waals surface area contributed by atoms with E-state index in [0.29, 0.717) is 17.5 Å². The first-order chi connectivity index (χ1) is 16.2. The number of H-pyrrole nitrogens is 1. The first-order valence-electron chi connectivity index (χ1n) is 12.5. The second-order valence-corrected chi connectivity index (χ2v) is 12.3. The average molecular weight is 483 g/mol. The summed E-state index contributed by atoms with van der Waals surface area (Å²) in [6.45, 7) is 10.5. The van der Waals surface area contributed by atoms with E-state index in [4.69, 9.17) is 4.98 Å². The predicted octanol–water partition coefficient (Wildman–Crippen LogP) is 6.18. The summed E-state index contributed by atoms with van der Waals surface area (Å²) in [5.41, 5.74) is 3.40. The molecule has 3 N–H and O–H groups in total. The summed E-state index contributed by atoms with van der Waals surface area (Å²) in [6, 6.07) is 12.5. The van der Waals surface area contributed by atoms with Crippen LogP contribution >= 0.6 is 0 Å². The highest BCUT2D eigenvalue weighted by Crippen LogP contribution is 2.45. The molecule has 0 aliphatic heterocycles. The molecular weight excluding hydrogens is 444 g/mol. The third-order valence-corrected chi connectivity index (χ3v) is 8.31. The van der Waals surface area contributed by atoms with Crippen LogP contribution in [-0.2, 0) is 16.6 Å². The normalized spacial score (nSPS) is 16.6. The largest absolute Gasteiger partial charge is 0.342 e. The molecule has 3 aromatic rings. The zero-order chi connectivity index (χ0) is 24.3. The van der Waals surface area contributed by atoms with Gasteiger partial charge in [0.2, 0.25) is 0 Å². The van der Waals surface area contributed by atoms with Gasteiger partial charge in [-0.25, -0.2) is 13.4 Å². The molecule has 0 saturated heterocycles. The lowest BCUT2D eigenvalue weighted by Gasteiger charge is -2.37. The summed E-state index contributed by atoms with van der Waals surface area (Å²) in [6.07, 6.45) is 6.41. The molecule has 0 bridgehead atoms. The maximum absolute atomic E-state index is 13.0. The SMILES string of the molecule is CCNCc1ccc(S(=O)(=O)Nc2ccc3[nH]c(C(C4CCCCC4)C(C)(C)C)nc3c2)cc1. The highest BCUT2D eigenvalue weighted by molar-refractivity contribution is 7.92. The van der Waals surface area contributed by atoms with Crippen molar-refractivity contribution in [1.29, 1.82) is 0 Å². The van der Waals surface area contributed by atoms with Crippen LogP contribution in [0, 0.1) is 11.3 Å². The molecule has 7 heteroatoms. The minimum Gasteiger partial charge on any atom is -0.342 e. The molecule has 4 rings (SSSR count). The first kappa shape index (κ1) is 24.7. The zero-order valence-electron chi connectivity index (χ0n) is 20.8. The maximum Gasteiger partial charge on any atom is 0.261 e. The van der Waals surface area contributed by atoms with Crippen LogP contribution in [0.3, 0.4) is 0 Å². The minimum absolute atomic E-state index is 0.0963. The van der Waals surface area contributed by atoms with E-state index in [1.807, 2.05) is 31.2 Å². The molecule has 1 atom stereocenters. The molecule has 184 valence electrons.